The lowest BCUT2D eigenvalue weighted by atomic mass is 9.87. The van der Waals surface area contributed by atoms with E-state index in [-0.39, 0.29) is 5.41 Å². The van der Waals surface area contributed by atoms with Gasteiger partial charge in [-0.2, -0.15) is 0 Å². The highest BCUT2D eigenvalue weighted by atomic mass is 32.2. The second-order valence-electron chi connectivity index (χ2n) is 9.03. The van der Waals surface area contributed by atoms with E-state index >= 15 is 0 Å². The average molecular weight is 474 g/mol. The molecule has 0 spiro atoms. The molecule has 6 heteroatoms. The Balaban J connectivity index is 1.65. The van der Waals surface area contributed by atoms with Crippen molar-refractivity contribution in [1.82, 2.24) is 14.8 Å². The lowest BCUT2D eigenvalue weighted by Gasteiger charge is -2.19. The number of methoxy groups -OCH3 is 1. The van der Waals surface area contributed by atoms with Crippen LogP contribution in [0.1, 0.15) is 38.8 Å². The van der Waals surface area contributed by atoms with Crippen LogP contribution in [-0.2, 0) is 11.2 Å². The van der Waals surface area contributed by atoms with E-state index in [2.05, 4.69) is 59.8 Å². The molecule has 3 aromatic carbocycles. The number of hydrogen-bond donors (Lipinski definition) is 0. The molecule has 4 rings (SSSR count). The first kappa shape index (κ1) is 23.9. The highest BCUT2D eigenvalue weighted by Gasteiger charge is 2.17. The molecule has 0 aliphatic carbocycles. The van der Waals surface area contributed by atoms with E-state index in [1.807, 2.05) is 55.5 Å². The summed E-state index contributed by atoms with van der Waals surface area (Å²) in [5, 5.41) is 9.95. The summed E-state index contributed by atoms with van der Waals surface area (Å²) in [6, 6.07) is 24.8. The van der Waals surface area contributed by atoms with E-state index in [0.717, 1.165) is 39.5 Å². The van der Waals surface area contributed by atoms with E-state index in [4.69, 9.17) is 9.47 Å². The predicted molar refractivity (Wildman–Crippen MR) is 139 cm³/mol. The van der Waals surface area contributed by atoms with Gasteiger partial charge in [-0.3, -0.25) is 4.57 Å². The van der Waals surface area contributed by atoms with Crippen LogP contribution >= 0.6 is 11.8 Å². The molecule has 34 heavy (non-hydrogen) atoms. The van der Waals surface area contributed by atoms with Gasteiger partial charge in [-0.05, 0) is 72.0 Å². The summed E-state index contributed by atoms with van der Waals surface area (Å²) in [7, 11) is 1.67. The molecule has 0 radical (unpaired) electrons. The van der Waals surface area contributed by atoms with Crippen LogP contribution in [0.4, 0.5) is 0 Å². The Morgan fingerprint density at radius 2 is 1.47 bits per heavy atom. The summed E-state index contributed by atoms with van der Waals surface area (Å²) < 4.78 is 13.0. The molecule has 0 aliphatic rings. The maximum atomic E-state index is 5.63. The van der Waals surface area contributed by atoms with Crippen LogP contribution in [-0.4, -0.2) is 28.5 Å². The number of ether oxygens (including phenoxy) is 2. The van der Waals surface area contributed by atoms with Gasteiger partial charge in [-0.1, -0.05) is 56.8 Å². The highest BCUT2D eigenvalue weighted by molar-refractivity contribution is 7.98. The molecule has 176 valence electrons. The van der Waals surface area contributed by atoms with Crippen molar-refractivity contribution in [2.45, 2.75) is 44.0 Å². The smallest absolute Gasteiger partial charge is 0.196 e. The van der Waals surface area contributed by atoms with Crippen LogP contribution < -0.4 is 9.47 Å². The molecule has 4 aromatic rings. The lowest BCUT2D eigenvalue weighted by molar-refractivity contribution is 0.340. The number of aromatic nitrogens is 3. The predicted octanol–water partition coefficient (Wildman–Crippen LogP) is 6.93. The molecule has 0 amide bonds. The van der Waals surface area contributed by atoms with Crippen molar-refractivity contribution in [3.8, 4) is 28.6 Å². The van der Waals surface area contributed by atoms with Gasteiger partial charge in [-0.25, -0.2) is 0 Å². The maximum Gasteiger partial charge on any atom is 0.196 e. The molecule has 0 fully saturated rings. The van der Waals surface area contributed by atoms with Crippen molar-refractivity contribution in [2.75, 3.05) is 13.7 Å². The summed E-state index contributed by atoms with van der Waals surface area (Å²) in [6.45, 7) is 9.32. The first-order valence-corrected chi connectivity index (χ1v) is 12.4. The van der Waals surface area contributed by atoms with Gasteiger partial charge in [0.2, 0.25) is 0 Å². The zero-order valence-corrected chi connectivity index (χ0v) is 21.2. The second-order valence-corrected chi connectivity index (χ2v) is 9.98. The molecule has 0 saturated carbocycles. The van der Waals surface area contributed by atoms with Gasteiger partial charge in [0.15, 0.2) is 11.0 Å². The van der Waals surface area contributed by atoms with E-state index in [0.29, 0.717) is 6.61 Å². The van der Waals surface area contributed by atoms with E-state index in [1.165, 1.54) is 11.1 Å². The van der Waals surface area contributed by atoms with Gasteiger partial charge in [0.25, 0.3) is 0 Å². The van der Waals surface area contributed by atoms with Gasteiger partial charge in [0.05, 0.1) is 13.7 Å². The number of rotatable bonds is 8. The van der Waals surface area contributed by atoms with Crippen LogP contribution in [0.25, 0.3) is 17.1 Å². The van der Waals surface area contributed by atoms with Gasteiger partial charge in [0, 0.05) is 17.0 Å². The number of benzene rings is 3. The van der Waals surface area contributed by atoms with Gasteiger partial charge < -0.3 is 9.47 Å². The largest absolute Gasteiger partial charge is 0.497 e. The monoisotopic (exact) mass is 473 g/mol. The fourth-order valence-corrected chi connectivity index (χ4v) is 4.54. The van der Waals surface area contributed by atoms with Crippen molar-refractivity contribution in [3.63, 3.8) is 0 Å². The summed E-state index contributed by atoms with van der Waals surface area (Å²) in [6.07, 6.45) is 0. The Kier molecular flexibility index (Phi) is 7.27. The highest BCUT2D eigenvalue weighted by Crippen LogP contribution is 2.32. The zero-order chi connectivity index (χ0) is 24.1. The number of nitrogens with zero attached hydrogens (tertiary/aromatic N) is 3. The number of hydrogen-bond acceptors (Lipinski definition) is 5. The number of thioether (sulfide) groups is 1. The fourth-order valence-electron chi connectivity index (χ4n) is 3.63. The summed E-state index contributed by atoms with van der Waals surface area (Å²) in [5.74, 6) is 3.25. The maximum absolute atomic E-state index is 5.63. The average Bonchev–Trinajstić information content (AvgIpc) is 3.27. The Labute approximate surface area is 206 Å². The fraction of sp³-hybridized carbons (Fsp3) is 0.286. The molecule has 0 aliphatic heterocycles. The topological polar surface area (TPSA) is 49.2 Å². The third-order valence-corrected chi connectivity index (χ3v) is 6.58. The molecule has 0 N–H and O–H groups in total. The minimum Gasteiger partial charge on any atom is -0.497 e. The Morgan fingerprint density at radius 1 is 0.824 bits per heavy atom. The standard InChI is InChI=1S/C28H31N3O2S/c1-6-33-25-17-13-23(14-18-25)31-26(21-9-15-24(32-5)16-10-21)29-30-27(31)34-19-20-7-11-22(12-8-20)28(2,3)4/h7-18H,6,19H2,1-5H3. The second kappa shape index (κ2) is 10.3. The van der Waals surface area contributed by atoms with Gasteiger partial charge in [0.1, 0.15) is 11.5 Å². The summed E-state index contributed by atoms with van der Waals surface area (Å²) in [4.78, 5) is 0. The molecular formula is C28H31N3O2S. The van der Waals surface area contributed by atoms with Crippen LogP contribution in [0, 0.1) is 0 Å². The molecule has 0 unspecified atom stereocenters. The van der Waals surface area contributed by atoms with Crippen molar-refractivity contribution in [3.05, 3.63) is 83.9 Å². The minimum atomic E-state index is 0.146. The Bertz CT molecular complexity index is 1210. The molecule has 5 nitrogen and oxygen atoms in total. The van der Waals surface area contributed by atoms with Gasteiger partial charge >= 0.3 is 0 Å². The van der Waals surface area contributed by atoms with E-state index in [1.54, 1.807) is 18.9 Å². The van der Waals surface area contributed by atoms with Crippen molar-refractivity contribution in [2.24, 2.45) is 0 Å². The lowest BCUT2D eigenvalue weighted by Crippen LogP contribution is -2.10. The van der Waals surface area contributed by atoms with Crippen LogP contribution in [0.2, 0.25) is 0 Å². The van der Waals surface area contributed by atoms with Crippen LogP contribution in [0.5, 0.6) is 11.5 Å². The normalized spacial score (nSPS) is 11.4. The SMILES string of the molecule is CCOc1ccc(-n2c(SCc3ccc(C(C)(C)C)cc3)nnc2-c2ccc(OC)cc2)cc1. The quantitative estimate of drug-likeness (QED) is 0.260. The van der Waals surface area contributed by atoms with Crippen molar-refractivity contribution >= 4 is 11.8 Å². The molecular weight excluding hydrogens is 442 g/mol. The molecule has 0 atom stereocenters. The third-order valence-electron chi connectivity index (χ3n) is 5.58. The zero-order valence-electron chi connectivity index (χ0n) is 20.4. The summed E-state index contributed by atoms with van der Waals surface area (Å²) >= 11 is 1.68. The summed E-state index contributed by atoms with van der Waals surface area (Å²) in [5.41, 5.74) is 4.70. The van der Waals surface area contributed by atoms with E-state index < -0.39 is 0 Å². The Morgan fingerprint density at radius 3 is 2.06 bits per heavy atom. The Hall–Kier alpha value is -3.25. The van der Waals surface area contributed by atoms with Crippen LogP contribution in [0.15, 0.2) is 78.0 Å². The third kappa shape index (κ3) is 5.45. The van der Waals surface area contributed by atoms with Crippen molar-refractivity contribution in [1.29, 1.82) is 0 Å². The molecule has 1 aromatic heterocycles. The first-order chi connectivity index (χ1) is 16.4. The molecule has 0 bridgehead atoms. The minimum absolute atomic E-state index is 0.146. The van der Waals surface area contributed by atoms with E-state index in [9.17, 15) is 0 Å². The molecule has 1 heterocycles. The van der Waals surface area contributed by atoms with Crippen molar-refractivity contribution < 1.29 is 9.47 Å². The van der Waals surface area contributed by atoms with Gasteiger partial charge in [-0.15, -0.1) is 10.2 Å². The van der Waals surface area contributed by atoms with Crippen LogP contribution in [0.3, 0.4) is 0 Å². The first-order valence-electron chi connectivity index (χ1n) is 11.4. The molecule has 0 saturated heterocycles.